The maximum Gasteiger partial charge on any atom is 0.258 e. The summed E-state index contributed by atoms with van der Waals surface area (Å²) in [5.74, 6) is -0.413. The van der Waals surface area contributed by atoms with E-state index in [1.165, 1.54) is 12.3 Å². The van der Waals surface area contributed by atoms with E-state index in [0.717, 1.165) is 17.5 Å². The first kappa shape index (κ1) is 14.0. The SMILES string of the molecule is CCOc1ccc(NC(=O)c2ccncc2F)c(C)c1. The highest BCUT2D eigenvalue weighted by Gasteiger charge is 2.12. The lowest BCUT2D eigenvalue weighted by atomic mass is 10.1. The highest BCUT2D eigenvalue weighted by Crippen LogP contribution is 2.22. The molecule has 104 valence electrons. The molecule has 0 aliphatic carbocycles. The second kappa shape index (κ2) is 6.14. The van der Waals surface area contributed by atoms with Crippen molar-refractivity contribution in [2.24, 2.45) is 0 Å². The number of anilines is 1. The van der Waals surface area contributed by atoms with E-state index in [4.69, 9.17) is 4.74 Å². The van der Waals surface area contributed by atoms with Crippen LogP contribution in [0.5, 0.6) is 5.75 Å². The summed E-state index contributed by atoms with van der Waals surface area (Å²) in [4.78, 5) is 15.6. The lowest BCUT2D eigenvalue weighted by Crippen LogP contribution is -2.14. The standard InChI is InChI=1S/C15H15FN2O2/c1-3-20-11-4-5-14(10(2)8-11)18-15(19)12-6-7-17-9-13(12)16/h4-9H,3H2,1-2H3,(H,18,19). The molecule has 2 rings (SSSR count). The summed E-state index contributed by atoms with van der Waals surface area (Å²) in [5, 5.41) is 2.67. The van der Waals surface area contributed by atoms with Gasteiger partial charge in [-0.05, 0) is 43.7 Å². The Labute approximate surface area is 116 Å². The summed E-state index contributed by atoms with van der Waals surface area (Å²) in [7, 11) is 0. The first-order chi connectivity index (χ1) is 9.61. The fraction of sp³-hybridized carbons (Fsp3) is 0.200. The van der Waals surface area contributed by atoms with E-state index >= 15 is 0 Å². The summed E-state index contributed by atoms with van der Waals surface area (Å²) in [5.41, 5.74) is 1.43. The number of ether oxygens (including phenoxy) is 1. The van der Waals surface area contributed by atoms with Crippen LogP contribution in [0.15, 0.2) is 36.7 Å². The number of amides is 1. The van der Waals surface area contributed by atoms with Gasteiger partial charge in [0, 0.05) is 11.9 Å². The van der Waals surface area contributed by atoms with Crippen LogP contribution in [0.25, 0.3) is 0 Å². The van der Waals surface area contributed by atoms with Crippen LogP contribution in [0.3, 0.4) is 0 Å². The molecule has 1 N–H and O–H groups in total. The number of aromatic nitrogens is 1. The number of nitrogens with one attached hydrogen (secondary N) is 1. The van der Waals surface area contributed by atoms with Gasteiger partial charge in [0.15, 0.2) is 5.82 Å². The first-order valence-electron chi connectivity index (χ1n) is 6.26. The number of hydrogen-bond acceptors (Lipinski definition) is 3. The fourth-order valence-corrected chi connectivity index (χ4v) is 1.78. The molecule has 0 aliphatic rings. The molecule has 0 aliphatic heterocycles. The van der Waals surface area contributed by atoms with Crippen molar-refractivity contribution in [1.82, 2.24) is 4.98 Å². The van der Waals surface area contributed by atoms with Crippen molar-refractivity contribution >= 4 is 11.6 Å². The van der Waals surface area contributed by atoms with E-state index in [2.05, 4.69) is 10.3 Å². The minimum Gasteiger partial charge on any atom is -0.494 e. The normalized spacial score (nSPS) is 10.2. The van der Waals surface area contributed by atoms with Crippen LogP contribution in [-0.4, -0.2) is 17.5 Å². The molecule has 0 unspecified atom stereocenters. The Morgan fingerprint density at radius 1 is 1.40 bits per heavy atom. The Kier molecular flexibility index (Phi) is 4.30. The number of pyridine rings is 1. The van der Waals surface area contributed by atoms with E-state index < -0.39 is 11.7 Å². The van der Waals surface area contributed by atoms with E-state index in [0.29, 0.717) is 12.3 Å². The molecule has 1 aromatic heterocycles. The number of benzene rings is 1. The van der Waals surface area contributed by atoms with Crippen LogP contribution in [-0.2, 0) is 0 Å². The Morgan fingerprint density at radius 2 is 2.20 bits per heavy atom. The monoisotopic (exact) mass is 274 g/mol. The van der Waals surface area contributed by atoms with Crippen molar-refractivity contribution in [2.75, 3.05) is 11.9 Å². The molecule has 4 nitrogen and oxygen atoms in total. The minimum absolute atomic E-state index is 0.0340. The second-order valence-electron chi connectivity index (χ2n) is 4.22. The van der Waals surface area contributed by atoms with Crippen LogP contribution in [0.2, 0.25) is 0 Å². The Bertz CT molecular complexity index is 629. The molecule has 0 saturated heterocycles. The molecule has 0 radical (unpaired) electrons. The average Bonchev–Trinajstić information content (AvgIpc) is 2.42. The largest absolute Gasteiger partial charge is 0.494 e. The molecule has 20 heavy (non-hydrogen) atoms. The summed E-state index contributed by atoms with van der Waals surface area (Å²) < 4.78 is 18.8. The lowest BCUT2D eigenvalue weighted by molar-refractivity contribution is 0.102. The molecule has 0 bridgehead atoms. The number of carbonyl (C=O) groups is 1. The third-order valence-electron chi connectivity index (χ3n) is 2.77. The van der Waals surface area contributed by atoms with E-state index in [-0.39, 0.29) is 5.56 Å². The van der Waals surface area contributed by atoms with E-state index in [9.17, 15) is 9.18 Å². The number of hydrogen-bond donors (Lipinski definition) is 1. The van der Waals surface area contributed by atoms with Crippen molar-refractivity contribution in [1.29, 1.82) is 0 Å². The Hall–Kier alpha value is -2.43. The van der Waals surface area contributed by atoms with Gasteiger partial charge < -0.3 is 10.1 Å². The first-order valence-corrected chi connectivity index (χ1v) is 6.26. The van der Waals surface area contributed by atoms with Gasteiger partial charge in [0.2, 0.25) is 0 Å². The molecule has 5 heteroatoms. The van der Waals surface area contributed by atoms with Gasteiger partial charge in [0.05, 0.1) is 18.4 Å². The maximum absolute atomic E-state index is 13.5. The number of nitrogens with zero attached hydrogens (tertiary/aromatic N) is 1. The number of carbonyl (C=O) groups excluding carboxylic acids is 1. The smallest absolute Gasteiger partial charge is 0.258 e. The zero-order valence-corrected chi connectivity index (χ0v) is 11.3. The highest BCUT2D eigenvalue weighted by atomic mass is 19.1. The molecule has 1 amide bonds. The molecule has 1 aromatic carbocycles. The second-order valence-corrected chi connectivity index (χ2v) is 4.22. The van der Waals surface area contributed by atoms with Crippen LogP contribution in [0, 0.1) is 12.7 Å². The van der Waals surface area contributed by atoms with E-state index in [1.54, 1.807) is 12.1 Å². The third-order valence-corrected chi connectivity index (χ3v) is 2.77. The zero-order chi connectivity index (χ0) is 14.5. The van der Waals surface area contributed by atoms with Crippen molar-refractivity contribution in [3.05, 3.63) is 53.6 Å². The zero-order valence-electron chi connectivity index (χ0n) is 11.3. The number of rotatable bonds is 4. The summed E-state index contributed by atoms with van der Waals surface area (Å²) >= 11 is 0. The summed E-state index contributed by atoms with van der Waals surface area (Å²) in [6, 6.07) is 6.66. The average molecular weight is 274 g/mol. The van der Waals surface area contributed by atoms with Gasteiger partial charge in [-0.15, -0.1) is 0 Å². The van der Waals surface area contributed by atoms with Gasteiger partial charge in [0.1, 0.15) is 5.75 Å². The van der Waals surface area contributed by atoms with Gasteiger partial charge in [-0.3, -0.25) is 9.78 Å². The van der Waals surface area contributed by atoms with Crippen LogP contribution in [0.1, 0.15) is 22.8 Å². The highest BCUT2D eigenvalue weighted by molar-refractivity contribution is 6.04. The molecule has 0 atom stereocenters. The van der Waals surface area contributed by atoms with Crippen molar-refractivity contribution in [3.63, 3.8) is 0 Å². The molecular weight excluding hydrogens is 259 g/mol. The third kappa shape index (κ3) is 3.12. The lowest BCUT2D eigenvalue weighted by Gasteiger charge is -2.11. The quantitative estimate of drug-likeness (QED) is 0.931. The van der Waals surface area contributed by atoms with Gasteiger partial charge in [-0.1, -0.05) is 0 Å². The topological polar surface area (TPSA) is 51.2 Å². The van der Waals surface area contributed by atoms with Crippen molar-refractivity contribution in [2.45, 2.75) is 13.8 Å². The molecule has 2 aromatic rings. The maximum atomic E-state index is 13.5. The molecular formula is C15H15FN2O2. The number of aryl methyl sites for hydroxylation is 1. The van der Waals surface area contributed by atoms with Gasteiger partial charge in [-0.25, -0.2) is 4.39 Å². The predicted molar refractivity (Wildman–Crippen MR) is 74.5 cm³/mol. The summed E-state index contributed by atoms with van der Waals surface area (Å²) in [6.45, 7) is 4.33. The van der Waals surface area contributed by atoms with Gasteiger partial charge in [0.25, 0.3) is 5.91 Å². The van der Waals surface area contributed by atoms with Crippen molar-refractivity contribution < 1.29 is 13.9 Å². The Morgan fingerprint density at radius 3 is 2.85 bits per heavy atom. The molecule has 1 heterocycles. The van der Waals surface area contributed by atoms with Crippen molar-refractivity contribution in [3.8, 4) is 5.75 Å². The molecule has 0 fully saturated rings. The Balaban J connectivity index is 2.18. The van der Waals surface area contributed by atoms with E-state index in [1.807, 2.05) is 19.9 Å². The fourth-order valence-electron chi connectivity index (χ4n) is 1.78. The number of halogens is 1. The molecule has 0 saturated carbocycles. The van der Waals surface area contributed by atoms with Crippen LogP contribution in [0.4, 0.5) is 10.1 Å². The van der Waals surface area contributed by atoms with Gasteiger partial charge >= 0.3 is 0 Å². The minimum atomic E-state index is -0.645. The predicted octanol–water partition coefficient (Wildman–Crippen LogP) is 3.18. The molecule has 0 spiro atoms. The van der Waals surface area contributed by atoms with Gasteiger partial charge in [-0.2, -0.15) is 0 Å². The summed E-state index contributed by atoms with van der Waals surface area (Å²) in [6.07, 6.45) is 2.39. The van der Waals surface area contributed by atoms with Crippen LogP contribution >= 0.6 is 0 Å². The van der Waals surface area contributed by atoms with Crippen LogP contribution < -0.4 is 10.1 Å².